The minimum absolute atomic E-state index is 0.0255. The summed E-state index contributed by atoms with van der Waals surface area (Å²) in [5.41, 5.74) is 9.62. The number of para-hydroxylation sites is 2. The molecule has 0 saturated carbocycles. The van der Waals surface area contributed by atoms with E-state index in [2.05, 4.69) is 31.2 Å². The molecule has 0 radical (unpaired) electrons. The molecular formula is C26H22BrN5O3S. The van der Waals surface area contributed by atoms with Crippen LogP contribution >= 0.6 is 15.9 Å². The average Bonchev–Trinajstić information content (AvgIpc) is 3.13. The number of aryl methyl sites for hydroxylation is 1. The predicted molar refractivity (Wildman–Crippen MR) is 143 cm³/mol. The highest BCUT2D eigenvalue weighted by Crippen LogP contribution is 2.35. The topological polar surface area (TPSA) is 120 Å². The Morgan fingerprint density at radius 3 is 2.39 bits per heavy atom. The molecule has 2 heterocycles. The molecule has 36 heavy (non-hydrogen) atoms. The van der Waals surface area contributed by atoms with Crippen LogP contribution in [0.1, 0.15) is 15.9 Å². The van der Waals surface area contributed by atoms with Crippen LogP contribution in [0.15, 0.2) is 87.1 Å². The van der Waals surface area contributed by atoms with E-state index in [1.54, 1.807) is 59.2 Å². The van der Waals surface area contributed by atoms with Gasteiger partial charge < -0.3 is 15.6 Å². The summed E-state index contributed by atoms with van der Waals surface area (Å²) in [6.07, 6.45) is 0. The monoisotopic (exact) mass is 563 g/mol. The number of halogens is 1. The zero-order valence-electron chi connectivity index (χ0n) is 19.3. The summed E-state index contributed by atoms with van der Waals surface area (Å²) in [5.74, 6) is -0.229. The number of aromatic nitrogens is 3. The summed E-state index contributed by atoms with van der Waals surface area (Å²) < 4.78 is 29.8. The van der Waals surface area contributed by atoms with Gasteiger partial charge in [0.15, 0.2) is 5.65 Å². The van der Waals surface area contributed by atoms with Crippen molar-refractivity contribution in [1.82, 2.24) is 19.9 Å². The van der Waals surface area contributed by atoms with E-state index in [0.29, 0.717) is 22.2 Å². The first-order chi connectivity index (χ1) is 17.3. The van der Waals surface area contributed by atoms with E-state index in [4.69, 9.17) is 5.73 Å². The van der Waals surface area contributed by atoms with Crippen molar-refractivity contribution in [3.63, 3.8) is 0 Å². The Hall–Kier alpha value is -3.76. The van der Waals surface area contributed by atoms with E-state index in [1.165, 1.54) is 0 Å². The number of nitrogens with one attached hydrogen (secondary N) is 1. The lowest BCUT2D eigenvalue weighted by atomic mass is 10.2. The van der Waals surface area contributed by atoms with Crippen LogP contribution in [0.4, 0.5) is 5.82 Å². The van der Waals surface area contributed by atoms with E-state index in [0.717, 1.165) is 10.0 Å². The zero-order valence-corrected chi connectivity index (χ0v) is 21.7. The number of benzene rings is 3. The van der Waals surface area contributed by atoms with E-state index < -0.39 is 9.84 Å². The third kappa shape index (κ3) is 4.33. The third-order valence-electron chi connectivity index (χ3n) is 5.85. The Bertz CT molecular complexity index is 1730. The van der Waals surface area contributed by atoms with Crippen LogP contribution in [0.25, 0.3) is 22.2 Å². The molecule has 0 aliphatic carbocycles. The van der Waals surface area contributed by atoms with Gasteiger partial charge in [0.25, 0.3) is 5.91 Å². The molecule has 0 fully saturated rings. The van der Waals surface area contributed by atoms with Crippen molar-refractivity contribution in [3.05, 3.63) is 88.4 Å². The minimum Gasteiger partial charge on any atom is -0.384 e. The Morgan fingerprint density at radius 1 is 1.00 bits per heavy atom. The Labute approximate surface area is 216 Å². The van der Waals surface area contributed by atoms with Crippen molar-refractivity contribution in [2.45, 2.75) is 23.3 Å². The largest absolute Gasteiger partial charge is 0.384 e. The van der Waals surface area contributed by atoms with Gasteiger partial charge in [-0.3, -0.25) is 4.79 Å². The first-order valence-electron chi connectivity index (χ1n) is 11.2. The van der Waals surface area contributed by atoms with Crippen molar-refractivity contribution in [2.24, 2.45) is 0 Å². The smallest absolute Gasteiger partial charge is 0.251 e. The Kier molecular flexibility index (Phi) is 6.23. The fourth-order valence-electron chi connectivity index (χ4n) is 4.03. The van der Waals surface area contributed by atoms with Crippen molar-refractivity contribution >= 4 is 59.7 Å². The molecule has 2 aromatic heterocycles. The molecule has 0 aliphatic rings. The first-order valence-corrected chi connectivity index (χ1v) is 13.4. The third-order valence-corrected chi connectivity index (χ3v) is 8.18. The molecule has 5 rings (SSSR count). The molecule has 1 amide bonds. The van der Waals surface area contributed by atoms with Gasteiger partial charge in [-0.25, -0.2) is 18.4 Å². The fraction of sp³-hybridized carbons (Fsp3) is 0.115. The van der Waals surface area contributed by atoms with Gasteiger partial charge >= 0.3 is 0 Å². The number of amides is 1. The highest BCUT2D eigenvalue weighted by molar-refractivity contribution is 9.10. The van der Waals surface area contributed by atoms with Gasteiger partial charge in [0, 0.05) is 23.1 Å². The van der Waals surface area contributed by atoms with Gasteiger partial charge in [0.2, 0.25) is 9.84 Å². The number of nitrogens with two attached hydrogens (primary N) is 1. The van der Waals surface area contributed by atoms with E-state index in [1.807, 2.05) is 25.1 Å². The number of carbonyl (C=O) groups is 1. The number of nitrogens with zero attached hydrogens (tertiary/aromatic N) is 3. The molecule has 0 spiro atoms. The predicted octanol–water partition coefficient (Wildman–Crippen LogP) is 4.50. The summed E-state index contributed by atoms with van der Waals surface area (Å²) in [6.45, 7) is 2.30. The molecule has 0 saturated heterocycles. The maximum Gasteiger partial charge on any atom is 0.251 e. The lowest BCUT2D eigenvalue weighted by Crippen LogP contribution is -2.27. The van der Waals surface area contributed by atoms with Gasteiger partial charge in [-0.2, -0.15) is 0 Å². The van der Waals surface area contributed by atoms with Crippen molar-refractivity contribution in [1.29, 1.82) is 0 Å². The van der Waals surface area contributed by atoms with E-state index >= 15 is 0 Å². The zero-order chi connectivity index (χ0) is 25.4. The van der Waals surface area contributed by atoms with Gasteiger partial charge in [-0.05, 0) is 49.4 Å². The summed E-state index contributed by atoms with van der Waals surface area (Å²) in [4.78, 5) is 21.9. The minimum atomic E-state index is -3.99. The molecule has 3 aromatic carbocycles. The number of anilines is 1. The molecule has 3 N–H and O–H groups in total. The molecule has 182 valence electrons. The number of nitrogen functional groups attached to an aromatic ring is 1. The number of hydrogen-bond acceptors (Lipinski definition) is 6. The second-order valence-corrected chi connectivity index (χ2v) is 11.1. The second-order valence-electron chi connectivity index (χ2n) is 8.33. The average molecular weight is 564 g/mol. The van der Waals surface area contributed by atoms with Crippen LogP contribution in [0.3, 0.4) is 0 Å². The number of fused-ring (bicyclic) bond motifs is 2. The van der Waals surface area contributed by atoms with E-state index in [9.17, 15) is 13.2 Å². The van der Waals surface area contributed by atoms with Gasteiger partial charge in [-0.15, -0.1) is 0 Å². The van der Waals surface area contributed by atoms with Crippen molar-refractivity contribution in [2.75, 3.05) is 12.3 Å². The molecule has 0 bridgehead atoms. The van der Waals surface area contributed by atoms with Gasteiger partial charge in [-0.1, -0.05) is 51.8 Å². The summed E-state index contributed by atoms with van der Waals surface area (Å²) in [7, 11) is -3.99. The SMILES string of the molecule is Cc1ccc(S(=O)(=O)c2c(N)n(CCNC(=O)c3cccc(Br)c3)c3nc4ccccc4nc23)cc1. The Balaban J connectivity index is 1.58. The number of carbonyl (C=O) groups excluding carboxylic acids is 1. The Morgan fingerprint density at radius 2 is 1.69 bits per heavy atom. The van der Waals surface area contributed by atoms with Crippen LogP contribution in [-0.2, 0) is 16.4 Å². The molecule has 0 unspecified atom stereocenters. The maximum atomic E-state index is 13.7. The number of sulfone groups is 1. The number of rotatable bonds is 6. The van der Waals surface area contributed by atoms with Crippen molar-refractivity contribution < 1.29 is 13.2 Å². The molecule has 0 aliphatic heterocycles. The quantitative estimate of drug-likeness (QED) is 0.314. The van der Waals surface area contributed by atoms with Crippen LogP contribution in [0, 0.1) is 6.92 Å². The highest BCUT2D eigenvalue weighted by Gasteiger charge is 2.30. The normalized spacial score (nSPS) is 11.7. The summed E-state index contributed by atoms with van der Waals surface area (Å²) in [6, 6.07) is 20.9. The van der Waals surface area contributed by atoms with Crippen LogP contribution in [0.2, 0.25) is 0 Å². The maximum absolute atomic E-state index is 13.7. The summed E-state index contributed by atoms with van der Waals surface area (Å²) in [5, 5.41) is 2.86. The second kappa shape index (κ2) is 9.36. The van der Waals surface area contributed by atoms with Crippen LogP contribution < -0.4 is 11.1 Å². The first kappa shape index (κ1) is 24.0. The van der Waals surface area contributed by atoms with Crippen LogP contribution in [-0.4, -0.2) is 35.4 Å². The number of hydrogen-bond donors (Lipinski definition) is 2. The highest BCUT2D eigenvalue weighted by atomic mass is 79.9. The van der Waals surface area contributed by atoms with Crippen molar-refractivity contribution in [3.8, 4) is 0 Å². The van der Waals surface area contributed by atoms with E-state index in [-0.39, 0.29) is 40.1 Å². The molecule has 10 heteroatoms. The molecule has 0 atom stereocenters. The molecule has 5 aromatic rings. The lowest BCUT2D eigenvalue weighted by Gasteiger charge is -2.10. The molecular weight excluding hydrogens is 542 g/mol. The van der Waals surface area contributed by atoms with Gasteiger partial charge in [0.05, 0.1) is 15.9 Å². The molecule has 8 nitrogen and oxygen atoms in total. The van der Waals surface area contributed by atoms with Gasteiger partial charge in [0.1, 0.15) is 16.2 Å². The van der Waals surface area contributed by atoms with Crippen LogP contribution in [0.5, 0.6) is 0 Å². The summed E-state index contributed by atoms with van der Waals surface area (Å²) >= 11 is 3.36. The lowest BCUT2D eigenvalue weighted by molar-refractivity contribution is 0.0952. The fourth-order valence-corrected chi connectivity index (χ4v) is 5.94. The standard InChI is InChI=1S/C26H22BrN5O3S/c1-16-9-11-19(12-10-16)36(34,35)23-22-25(31-21-8-3-2-7-20(21)30-22)32(24(23)28)14-13-29-26(33)17-5-4-6-18(27)15-17/h2-12,15H,13-14,28H2,1H3,(H,29,33).